The Morgan fingerprint density at radius 3 is 2.23 bits per heavy atom. The Kier molecular flexibility index (Phi) is 12.8. The van der Waals surface area contributed by atoms with E-state index in [-0.39, 0.29) is 23.0 Å². The molecule has 0 bridgehead atoms. The van der Waals surface area contributed by atoms with Crippen molar-refractivity contribution < 1.29 is 35.1 Å². The van der Waals surface area contributed by atoms with E-state index in [0.717, 1.165) is 12.1 Å². The summed E-state index contributed by atoms with van der Waals surface area (Å²) >= 11 is 0. The topological polar surface area (TPSA) is 118 Å². The molecule has 2 aromatic carbocycles. The Bertz CT molecular complexity index is 1610. The van der Waals surface area contributed by atoms with Crippen molar-refractivity contribution in [1.82, 2.24) is 20.3 Å². The standard InChI is InChI=1S/C23H17F4N5O3S.C5H11N.CH3F/c1-28-23-30-10-8-17(31-23)15-3-2-9-29-22(15)35-18-11-16(25)21(20(27)19(18)26)32-36(33,34)12-13-4-6-14(24)7-5-13;1-2-4-6-5-3-1;1-2/h2-11,32H,12H2,1H3,(H,28,30,31);6H,1-5H2;1H3. The lowest BCUT2D eigenvalue weighted by molar-refractivity contribution is 0.401. The largest absolute Gasteiger partial charge is 0.435 e. The van der Waals surface area contributed by atoms with Gasteiger partial charge in [-0.25, -0.2) is 36.5 Å². The molecule has 1 aliphatic heterocycles. The molecule has 0 aliphatic carbocycles. The summed E-state index contributed by atoms with van der Waals surface area (Å²) < 4.78 is 98.6. The predicted octanol–water partition coefficient (Wildman–Crippen LogP) is 6.22. The van der Waals surface area contributed by atoms with Crippen LogP contribution in [0.2, 0.25) is 0 Å². The van der Waals surface area contributed by atoms with Crippen LogP contribution < -0.4 is 20.1 Å². The molecular weight excluding hydrogens is 607 g/mol. The number of nitrogens with zero attached hydrogens (tertiary/aromatic N) is 3. The number of sulfonamides is 1. The first-order chi connectivity index (χ1) is 21.2. The summed E-state index contributed by atoms with van der Waals surface area (Å²) in [4.78, 5) is 12.2. The highest BCUT2D eigenvalue weighted by Crippen LogP contribution is 2.35. The number of pyridine rings is 1. The number of halogens is 5. The van der Waals surface area contributed by atoms with Gasteiger partial charge in [-0.1, -0.05) is 18.6 Å². The zero-order chi connectivity index (χ0) is 32.1. The van der Waals surface area contributed by atoms with Gasteiger partial charge in [0.2, 0.25) is 27.7 Å². The van der Waals surface area contributed by atoms with Crippen molar-refractivity contribution in [3.8, 4) is 22.9 Å². The lowest BCUT2D eigenvalue weighted by Crippen LogP contribution is -2.21. The van der Waals surface area contributed by atoms with E-state index in [1.807, 2.05) is 0 Å². The molecule has 0 atom stereocenters. The van der Waals surface area contributed by atoms with Gasteiger partial charge in [0.05, 0.1) is 24.2 Å². The molecule has 5 rings (SSSR count). The Morgan fingerprint density at radius 1 is 0.909 bits per heavy atom. The molecule has 0 amide bonds. The third kappa shape index (κ3) is 9.57. The number of piperidine rings is 1. The molecule has 0 saturated carbocycles. The maximum atomic E-state index is 14.8. The van der Waals surface area contributed by atoms with E-state index in [9.17, 15) is 30.4 Å². The zero-order valence-electron chi connectivity index (χ0n) is 23.9. The minimum Gasteiger partial charge on any atom is -0.435 e. The molecule has 0 spiro atoms. The Labute approximate surface area is 252 Å². The van der Waals surface area contributed by atoms with Crippen LogP contribution in [-0.4, -0.2) is 50.7 Å². The maximum Gasteiger partial charge on any atom is 0.237 e. The molecule has 1 fully saturated rings. The van der Waals surface area contributed by atoms with Crippen LogP contribution >= 0.6 is 0 Å². The Balaban J connectivity index is 0.000000582. The van der Waals surface area contributed by atoms with E-state index in [1.165, 1.54) is 62.9 Å². The highest BCUT2D eigenvalue weighted by atomic mass is 32.2. The smallest absolute Gasteiger partial charge is 0.237 e. The zero-order valence-corrected chi connectivity index (χ0v) is 24.7. The third-order valence-corrected chi connectivity index (χ3v) is 7.22. The van der Waals surface area contributed by atoms with Crippen LogP contribution in [0, 0.1) is 23.3 Å². The molecule has 236 valence electrons. The van der Waals surface area contributed by atoms with Crippen molar-refractivity contribution in [3.05, 3.63) is 89.8 Å². The Hall–Kier alpha value is -4.37. The van der Waals surface area contributed by atoms with Crippen molar-refractivity contribution in [2.24, 2.45) is 0 Å². The maximum absolute atomic E-state index is 14.8. The summed E-state index contributed by atoms with van der Waals surface area (Å²) in [6.45, 7) is 2.50. The molecule has 15 heteroatoms. The highest BCUT2D eigenvalue weighted by molar-refractivity contribution is 7.91. The van der Waals surface area contributed by atoms with Crippen molar-refractivity contribution in [3.63, 3.8) is 0 Å². The molecule has 3 N–H and O–H groups in total. The lowest BCUT2D eigenvalue weighted by Gasteiger charge is -2.14. The van der Waals surface area contributed by atoms with Gasteiger partial charge in [-0.15, -0.1) is 0 Å². The summed E-state index contributed by atoms with van der Waals surface area (Å²) in [6, 6.07) is 9.58. The van der Waals surface area contributed by atoms with E-state index >= 15 is 0 Å². The number of aromatic nitrogens is 3. The second-order valence-electron chi connectivity index (χ2n) is 9.13. The van der Waals surface area contributed by atoms with Crippen LogP contribution in [0.3, 0.4) is 0 Å². The van der Waals surface area contributed by atoms with Gasteiger partial charge in [0.1, 0.15) is 11.5 Å². The summed E-state index contributed by atoms with van der Waals surface area (Å²) in [5, 5.41) is 6.04. The van der Waals surface area contributed by atoms with Crippen molar-refractivity contribution in [2.45, 2.75) is 25.0 Å². The van der Waals surface area contributed by atoms with Crippen LogP contribution in [0.1, 0.15) is 24.8 Å². The van der Waals surface area contributed by atoms with Gasteiger partial charge < -0.3 is 15.4 Å². The SMILES string of the molecule is C1CCNCC1.CF.CNc1nccc(-c2cccnc2Oc2cc(F)c(NS(=O)(=O)Cc3ccc(F)cc3)c(F)c2F)n1. The molecule has 3 heterocycles. The minimum atomic E-state index is -4.38. The molecule has 0 radical (unpaired) electrons. The van der Waals surface area contributed by atoms with Crippen LogP contribution in [0.5, 0.6) is 11.6 Å². The molecule has 1 aliphatic rings. The fraction of sp³-hybridized carbons (Fsp3) is 0.276. The summed E-state index contributed by atoms with van der Waals surface area (Å²) in [7, 11) is -2.27. The van der Waals surface area contributed by atoms with Crippen molar-refractivity contribution >= 4 is 21.7 Å². The quantitative estimate of drug-likeness (QED) is 0.154. The van der Waals surface area contributed by atoms with Crippen LogP contribution in [0.15, 0.2) is 60.9 Å². The number of rotatable bonds is 8. The number of alkyl halides is 1. The number of anilines is 2. The van der Waals surface area contributed by atoms with Crippen molar-refractivity contribution in [2.75, 3.05) is 37.4 Å². The van der Waals surface area contributed by atoms with Gasteiger partial charge in [0.15, 0.2) is 17.4 Å². The van der Waals surface area contributed by atoms with Gasteiger partial charge in [-0.2, -0.15) is 4.39 Å². The van der Waals surface area contributed by atoms with E-state index in [2.05, 4.69) is 25.6 Å². The van der Waals surface area contributed by atoms with E-state index < -0.39 is 50.5 Å². The number of nitrogens with one attached hydrogen (secondary N) is 3. The Morgan fingerprint density at radius 2 is 1.61 bits per heavy atom. The first kappa shape index (κ1) is 34.1. The summed E-state index contributed by atoms with van der Waals surface area (Å²) in [6.07, 6.45) is 6.99. The average Bonchev–Trinajstić information content (AvgIpc) is 3.05. The molecule has 2 aromatic heterocycles. The number of ether oxygens (including phenoxy) is 1. The highest BCUT2D eigenvalue weighted by Gasteiger charge is 2.25. The fourth-order valence-electron chi connectivity index (χ4n) is 3.94. The van der Waals surface area contributed by atoms with Crippen LogP contribution in [0.25, 0.3) is 11.3 Å². The number of hydrogen-bond acceptors (Lipinski definition) is 8. The molecule has 9 nitrogen and oxygen atoms in total. The summed E-state index contributed by atoms with van der Waals surface area (Å²) in [5.74, 6) is -6.99. The van der Waals surface area contributed by atoms with E-state index in [0.29, 0.717) is 18.9 Å². The molecule has 0 unspecified atom stereocenters. The normalized spacial score (nSPS) is 12.6. The van der Waals surface area contributed by atoms with Crippen molar-refractivity contribution in [1.29, 1.82) is 0 Å². The van der Waals surface area contributed by atoms with Crippen LogP contribution in [-0.2, 0) is 15.8 Å². The fourth-order valence-corrected chi connectivity index (χ4v) is 5.14. The van der Waals surface area contributed by atoms with Gasteiger partial charge >= 0.3 is 0 Å². The lowest BCUT2D eigenvalue weighted by atomic mass is 10.2. The van der Waals surface area contributed by atoms with E-state index in [1.54, 1.807) is 23.9 Å². The molecule has 1 saturated heterocycles. The minimum absolute atomic E-state index is 0.152. The molecule has 44 heavy (non-hydrogen) atoms. The third-order valence-electron chi connectivity index (χ3n) is 5.99. The second-order valence-corrected chi connectivity index (χ2v) is 10.9. The summed E-state index contributed by atoms with van der Waals surface area (Å²) in [5.41, 5.74) is -0.457. The number of benzene rings is 2. The second kappa shape index (κ2) is 16.5. The first-order valence-electron chi connectivity index (χ1n) is 13.3. The van der Waals surface area contributed by atoms with Gasteiger partial charge in [0, 0.05) is 25.5 Å². The monoisotopic (exact) mass is 638 g/mol. The molecular formula is C29H31F5N6O3S. The van der Waals surface area contributed by atoms with E-state index in [4.69, 9.17) is 4.74 Å². The van der Waals surface area contributed by atoms with Gasteiger partial charge in [-0.05, 0) is 61.8 Å². The van der Waals surface area contributed by atoms with Gasteiger partial charge in [-0.3, -0.25) is 9.11 Å². The number of hydrogen-bond donors (Lipinski definition) is 3. The predicted molar refractivity (Wildman–Crippen MR) is 158 cm³/mol. The first-order valence-corrected chi connectivity index (χ1v) is 15.0. The van der Waals surface area contributed by atoms with Gasteiger partial charge in [0.25, 0.3) is 0 Å². The van der Waals surface area contributed by atoms with Crippen LogP contribution in [0.4, 0.5) is 33.6 Å². The average molecular weight is 639 g/mol. The molecule has 4 aromatic rings.